The molecule has 6 rings (SSSR count). The summed E-state index contributed by atoms with van der Waals surface area (Å²) in [6.45, 7) is 6.76. The zero-order chi connectivity index (χ0) is 30.7. The van der Waals surface area contributed by atoms with E-state index >= 15 is 0 Å². The monoisotopic (exact) mass is 594 g/mol. The van der Waals surface area contributed by atoms with E-state index in [0.29, 0.717) is 49.3 Å². The molecular weight excluding hydrogens is 561 g/mol. The lowest BCUT2D eigenvalue weighted by Gasteiger charge is -2.65. The molecule has 1 amide bonds. The Balaban J connectivity index is 1.40. The van der Waals surface area contributed by atoms with Crippen LogP contribution in [0.4, 0.5) is 13.2 Å². The Morgan fingerprint density at radius 3 is 2.60 bits per heavy atom. The number of rotatable bonds is 5. The smallest absolute Gasteiger partial charge is 0.416 e. The Kier molecular flexibility index (Phi) is 7.00. The fraction of sp³-hybridized carbons (Fsp3) is 0.455. The van der Waals surface area contributed by atoms with Crippen molar-refractivity contribution in [3.63, 3.8) is 0 Å². The van der Waals surface area contributed by atoms with Gasteiger partial charge in [0, 0.05) is 44.1 Å². The van der Waals surface area contributed by atoms with Crippen LogP contribution in [0, 0.1) is 11.8 Å². The molecular formula is C33H33F3N2O5. The molecule has 5 atom stereocenters. The van der Waals surface area contributed by atoms with Crippen LogP contribution in [-0.4, -0.2) is 72.7 Å². The van der Waals surface area contributed by atoms with Gasteiger partial charge in [-0.25, -0.2) is 0 Å². The fourth-order valence-corrected chi connectivity index (χ4v) is 8.08. The standard InChI is InChI=1S/C33H33F3N2O5/c1-5-17-38-18-16-31-28-22-9-12-25(41-4)29(28)42-30(31)24(14-15-32(31,26(38)19-22)43-20(2)39)37(3)27(40)13-8-21-6-10-23(11-7-21)33(34,35)36/h5-7,9-12,24,26,30H,1,14-19H2,2-4H3/t24-,26+,30-,31-,32+/m0/s1. The highest BCUT2D eigenvalue weighted by Gasteiger charge is 2.75. The number of likely N-dealkylation sites (tertiary alicyclic amines) is 1. The van der Waals surface area contributed by atoms with Crippen molar-refractivity contribution in [2.75, 3.05) is 27.2 Å². The molecule has 2 heterocycles. The predicted octanol–water partition coefficient (Wildman–Crippen LogP) is 4.50. The molecule has 2 aromatic carbocycles. The number of hydrogen-bond acceptors (Lipinski definition) is 6. The molecule has 2 aliphatic heterocycles. The molecule has 1 saturated heterocycles. The van der Waals surface area contributed by atoms with E-state index in [1.807, 2.05) is 12.1 Å². The van der Waals surface area contributed by atoms with Crippen molar-refractivity contribution < 1.29 is 37.0 Å². The quantitative estimate of drug-likeness (QED) is 0.289. The van der Waals surface area contributed by atoms with Crippen LogP contribution in [0.2, 0.25) is 0 Å². The zero-order valence-electron chi connectivity index (χ0n) is 24.3. The summed E-state index contributed by atoms with van der Waals surface area (Å²) in [6.07, 6.45) is -0.818. The van der Waals surface area contributed by atoms with Gasteiger partial charge in [-0.15, -0.1) is 6.58 Å². The number of ether oxygens (including phenoxy) is 3. The number of carbonyl (C=O) groups excluding carboxylic acids is 2. The number of benzene rings is 2. The maximum atomic E-state index is 13.4. The van der Waals surface area contributed by atoms with Crippen molar-refractivity contribution in [1.82, 2.24) is 9.80 Å². The van der Waals surface area contributed by atoms with E-state index in [1.165, 1.54) is 19.1 Å². The lowest BCUT2D eigenvalue weighted by Crippen LogP contribution is -2.79. The number of piperidine rings is 1. The molecule has 7 nitrogen and oxygen atoms in total. The molecule has 1 spiro atoms. The minimum atomic E-state index is -4.45. The highest BCUT2D eigenvalue weighted by Crippen LogP contribution is 2.67. The second-order valence-corrected chi connectivity index (χ2v) is 11.7. The lowest BCUT2D eigenvalue weighted by molar-refractivity contribution is -0.222. The third-order valence-electron chi connectivity index (χ3n) is 9.74. The summed E-state index contributed by atoms with van der Waals surface area (Å²) in [5.74, 6) is 5.67. The van der Waals surface area contributed by atoms with Crippen molar-refractivity contribution >= 4 is 11.9 Å². The molecule has 0 unspecified atom stereocenters. The van der Waals surface area contributed by atoms with Crippen molar-refractivity contribution in [3.8, 4) is 23.3 Å². The molecule has 2 bridgehead atoms. The highest BCUT2D eigenvalue weighted by atomic mass is 19.4. The molecule has 10 heteroatoms. The fourth-order valence-electron chi connectivity index (χ4n) is 8.08. The van der Waals surface area contributed by atoms with Crippen LogP contribution in [0.5, 0.6) is 11.5 Å². The van der Waals surface area contributed by atoms with E-state index in [1.54, 1.807) is 19.1 Å². The van der Waals surface area contributed by atoms with Gasteiger partial charge in [-0.2, -0.15) is 13.2 Å². The number of alkyl halides is 3. The molecule has 226 valence electrons. The SMILES string of the molecule is C=CCN1CC[C@]23c4c5ccc(OC)c4O[C@H]2[C@@H](N(C)C(=O)C#Cc2ccc(C(F)(F)F)cc2)CC[C@@]3(OC(C)=O)[C@H]1C5. The molecule has 0 radical (unpaired) electrons. The van der Waals surface area contributed by atoms with Crippen LogP contribution in [0.3, 0.4) is 0 Å². The van der Waals surface area contributed by atoms with Gasteiger partial charge in [0.05, 0.1) is 30.2 Å². The zero-order valence-corrected chi connectivity index (χ0v) is 24.3. The Bertz CT molecular complexity index is 1540. The molecule has 1 saturated carbocycles. The van der Waals surface area contributed by atoms with Crippen LogP contribution in [-0.2, 0) is 32.3 Å². The average molecular weight is 595 g/mol. The van der Waals surface area contributed by atoms with Gasteiger partial charge < -0.3 is 19.1 Å². The van der Waals surface area contributed by atoms with Gasteiger partial charge in [-0.05, 0) is 61.6 Å². The first-order chi connectivity index (χ1) is 20.5. The topological polar surface area (TPSA) is 68.3 Å². The number of likely N-dealkylation sites (N-methyl/N-ethyl adjacent to an activating group) is 1. The normalized spacial score (nSPS) is 28.5. The summed E-state index contributed by atoms with van der Waals surface area (Å²) in [5, 5.41) is 0. The van der Waals surface area contributed by atoms with Crippen LogP contribution < -0.4 is 9.47 Å². The lowest BCUT2D eigenvalue weighted by atomic mass is 9.48. The largest absolute Gasteiger partial charge is 0.493 e. The third-order valence-corrected chi connectivity index (χ3v) is 9.74. The van der Waals surface area contributed by atoms with Crippen molar-refractivity contribution in [1.29, 1.82) is 0 Å². The van der Waals surface area contributed by atoms with Gasteiger partial charge in [-0.3, -0.25) is 14.5 Å². The molecule has 2 fully saturated rings. The van der Waals surface area contributed by atoms with E-state index in [-0.39, 0.29) is 12.0 Å². The van der Waals surface area contributed by atoms with E-state index in [0.717, 1.165) is 29.8 Å². The number of methoxy groups -OCH3 is 1. The molecule has 0 N–H and O–H groups in total. The maximum Gasteiger partial charge on any atom is 0.416 e. The van der Waals surface area contributed by atoms with E-state index in [4.69, 9.17) is 14.2 Å². The molecule has 2 aliphatic carbocycles. The first-order valence-corrected chi connectivity index (χ1v) is 14.3. The number of halogens is 3. The van der Waals surface area contributed by atoms with Crippen LogP contribution in [0.1, 0.15) is 48.4 Å². The number of esters is 1. The Morgan fingerprint density at radius 1 is 1.21 bits per heavy atom. The summed E-state index contributed by atoms with van der Waals surface area (Å²) in [6, 6.07) is 7.82. The highest BCUT2D eigenvalue weighted by molar-refractivity contribution is 5.94. The van der Waals surface area contributed by atoms with Gasteiger partial charge in [0.15, 0.2) is 11.5 Å². The first-order valence-electron chi connectivity index (χ1n) is 14.3. The molecule has 43 heavy (non-hydrogen) atoms. The van der Waals surface area contributed by atoms with E-state index in [2.05, 4.69) is 29.4 Å². The second-order valence-electron chi connectivity index (χ2n) is 11.7. The van der Waals surface area contributed by atoms with E-state index < -0.39 is 40.8 Å². The van der Waals surface area contributed by atoms with E-state index in [9.17, 15) is 22.8 Å². The predicted molar refractivity (Wildman–Crippen MR) is 152 cm³/mol. The Morgan fingerprint density at radius 2 is 1.95 bits per heavy atom. The van der Waals surface area contributed by atoms with Gasteiger partial charge >= 0.3 is 12.1 Å². The van der Waals surface area contributed by atoms with Gasteiger partial charge in [0.1, 0.15) is 11.7 Å². The van der Waals surface area contributed by atoms with Gasteiger partial charge in [0.25, 0.3) is 5.91 Å². The van der Waals surface area contributed by atoms with Crippen LogP contribution >= 0.6 is 0 Å². The second kappa shape index (κ2) is 10.3. The first kappa shape index (κ1) is 29.1. The number of amides is 1. The number of hydrogen-bond donors (Lipinski definition) is 0. The summed E-state index contributed by atoms with van der Waals surface area (Å²) in [4.78, 5) is 30.1. The van der Waals surface area contributed by atoms with Crippen molar-refractivity contribution in [2.24, 2.45) is 0 Å². The Labute approximate surface area is 248 Å². The van der Waals surface area contributed by atoms with Gasteiger partial charge in [-0.1, -0.05) is 18.1 Å². The minimum absolute atomic E-state index is 0.109. The summed E-state index contributed by atoms with van der Waals surface area (Å²) in [7, 11) is 3.25. The average Bonchev–Trinajstić information content (AvgIpc) is 3.32. The maximum absolute atomic E-state index is 13.4. The van der Waals surface area contributed by atoms with Gasteiger partial charge in [0.2, 0.25) is 0 Å². The third kappa shape index (κ3) is 4.31. The molecule has 0 aromatic heterocycles. The van der Waals surface area contributed by atoms with Crippen molar-refractivity contribution in [2.45, 2.75) is 68.0 Å². The number of carbonyl (C=O) groups is 2. The number of nitrogens with zero attached hydrogens (tertiary/aromatic N) is 2. The van der Waals surface area contributed by atoms with Crippen LogP contribution in [0.15, 0.2) is 49.1 Å². The summed E-state index contributed by atoms with van der Waals surface area (Å²) >= 11 is 0. The molecule has 4 aliphatic rings. The van der Waals surface area contributed by atoms with Crippen LogP contribution in [0.25, 0.3) is 0 Å². The summed E-state index contributed by atoms with van der Waals surface area (Å²) in [5.41, 5.74) is 0.00949. The Hall–Kier alpha value is -3.97. The van der Waals surface area contributed by atoms with Crippen molar-refractivity contribution in [3.05, 3.63) is 71.3 Å². The minimum Gasteiger partial charge on any atom is -0.493 e. The summed E-state index contributed by atoms with van der Waals surface area (Å²) < 4.78 is 57.8. The molecule has 2 aromatic rings.